The lowest BCUT2D eigenvalue weighted by molar-refractivity contribution is 0.628. The maximum Gasteiger partial charge on any atom is 0.151 e. The summed E-state index contributed by atoms with van der Waals surface area (Å²) in [5.74, 6) is 0.811. The van der Waals surface area contributed by atoms with Gasteiger partial charge in [-0.25, -0.2) is 14.4 Å². The van der Waals surface area contributed by atoms with Crippen LogP contribution in [0.2, 0.25) is 0 Å². The molecule has 0 bridgehead atoms. The quantitative estimate of drug-likeness (QED) is 0.882. The Balaban J connectivity index is 2.33. The summed E-state index contributed by atoms with van der Waals surface area (Å²) in [5.41, 5.74) is 6.35. The van der Waals surface area contributed by atoms with Gasteiger partial charge in [-0.2, -0.15) is 0 Å². The summed E-state index contributed by atoms with van der Waals surface area (Å²) >= 11 is 0. The Hall–Kier alpha value is -2.17. The highest BCUT2D eigenvalue weighted by molar-refractivity contribution is 5.59. The zero-order valence-electron chi connectivity index (χ0n) is 9.47. The zero-order chi connectivity index (χ0) is 12.3. The molecule has 0 amide bonds. The molecule has 1 aromatic carbocycles. The number of rotatable bonds is 3. The molecule has 2 rings (SSSR count). The highest BCUT2D eigenvalue weighted by atomic mass is 19.1. The molecular formula is C12H13FN4. The minimum absolute atomic E-state index is 0.256. The van der Waals surface area contributed by atoms with Crippen molar-refractivity contribution in [1.29, 1.82) is 0 Å². The van der Waals surface area contributed by atoms with E-state index in [2.05, 4.69) is 9.97 Å². The van der Waals surface area contributed by atoms with E-state index in [1.807, 2.05) is 11.8 Å². The lowest BCUT2D eigenvalue weighted by atomic mass is 10.3. The van der Waals surface area contributed by atoms with Crippen molar-refractivity contribution in [2.45, 2.75) is 6.92 Å². The average Bonchev–Trinajstić information content (AvgIpc) is 2.35. The van der Waals surface area contributed by atoms with Crippen LogP contribution in [0.25, 0.3) is 0 Å². The van der Waals surface area contributed by atoms with Crippen molar-refractivity contribution >= 4 is 17.3 Å². The Bertz CT molecular complexity index is 435. The molecule has 1 heterocycles. The number of aromatic nitrogens is 2. The van der Waals surface area contributed by atoms with Gasteiger partial charge in [0.15, 0.2) is 5.82 Å². The number of benzene rings is 1. The van der Waals surface area contributed by atoms with Gasteiger partial charge in [0.1, 0.15) is 11.6 Å². The van der Waals surface area contributed by atoms with Crippen LogP contribution in [-0.4, -0.2) is 16.5 Å². The van der Waals surface area contributed by atoms with Gasteiger partial charge in [-0.05, 0) is 31.2 Å². The fourth-order valence-corrected chi connectivity index (χ4v) is 1.57. The van der Waals surface area contributed by atoms with E-state index in [0.29, 0.717) is 18.2 Å². The van der Waals surface area contributed by atoms with Crippen molar-refractivity contribution in [3.8, 4) is 0 Å². The Labute approximate surface area is 98.9 Å². The predicted octanol–water partition coefficient (Wildman–Crippen LogP) is 2.36. The third-order valence-corrected chi connectivity index (χ3v) is 2.39. The highest BCUT2D eigenvalue weighted by Crippen LogP contribution is 2.22. The second-order valence-corrected chi connectivity index (χ2v) is 3.52. The Morgan fingerprint density at radius 2 is 1.88 bits per heavy atom. The van der Waals surface area contributed by atoms with Crippen LogP contribution in [0.1, 0.15) is 6.92 Å². The fraction of sp³-hybridized carbons (Fsp3) is 0.167. The number of halogens is 1. The minimum Gasteiger partial charge on any atom is -0.382 e. The largest absolute Gasteiger partial charge is 0.382 e. The van der Waals surface area contributed by atoms with Crippen LogP contribution in [0.5, 0.6) is 0 Å². The summed E-state index contributed by atoms with van der Waals surface area (Å²) in [5, 5.41) is 0. The standard InChI is InChI=1S/C12H13FN4/c1-2-17(10-5-3-9(13)4-6-10)12-8-15-11(14)7-16-12/h3-8H,2H2,1H3,(H2,14,15). The van der Waals surface area contributed by atoms with Crippen molar-refractivity contribution < 1.29 is 4.39 Å². The second-order valence-electron chi connectivity index (χ2n) is 3.52. The summed E-state index contributed by atoms with van der Waals surface area (Å²) in [4.78, 5) is 10.1. The van der Waals surface area contributed by atoms with E-state index in [9.17, 15) is 4.39 Å². The van der Waals surface area contributed by atoms with E-state index >= 15 is 0 Å². The van der Waals surface area contributed by atoms with Crippen LogP contribution in [0.4, 0.5) is 21.7 Å². The predicted molar refractivity (Wildman–Crippen MR) is 65.5 cm³/mol. The van der Waals surface area contributed by atoms with Gasteiger partial charge >= 0.3 is 0 Å². The molecule has 0 radical (unpaired) electrons. The average molecular weight is 232 g/mol. The molecule has 5 heteroatoms. The molecule has 2 N–H and O–H groups in total. The first-order chi connectivity index (χ1) is 8.20. The number of anilines is 3. The van der Waals surface area contributed by atoms with Gasteiger partial charge in [0, 0.05) is 12.2 Å². The smallest absolute Gasteiger partial charge is 0.151 e. The van der Waals surface area contributed by atoms with Crippen molar-refractivity contribution in [3.05, 3.63) is 42.5 Å². The fourth-order valence-electron chi connectivity index (χ4n) is 1.57. The van der Waals surface area contributed by atoms with Crippen LogP contribution in [0.3, 0.4) is 0 Å². The van der Waals surface area contributed by atoms with Gasteiger partial charge in [-0.1, -0.05) is 0 Å². The molecule has 0 spiro atoms. The molecule has 0 aliphatic carbocycles. The van der Waals surface area contributed by atoms with Gasteiger partial charge < -0.3 is 10.6 Å². The van der Waals surface area contributed by atoms with E-state index in [4.69, 9.17) is 5.73 Å². The van der Waals surface area contributed by atoms with E-state index in [1.54, 1.807) is 18.3 Å². The summed E-state index contributed by atoms with van der Waals surface area (Å²) in [6.07, 6.45) is 3.10. The molecule has 1 aromatic heterocycles. The SMILES string of the molecule is CCN(c1ccc(F)cc1)c1cnc(N)cn1. The van der Waals surface area contributed by atoms with Crippen LogP contribution in [-0.2, 0) is 0 Å². The molecule has 88 valence electrons. The molecule has 17 heavy (non-hydrogen) atoms. The summed E-state index contributed by atoms with van der Waals surface area (Å²) in [6, 6.07) is 6.25. The first-order valence-electron chi connectivity index (χ1n) is 5.31. The van der Waals surface area contributed by atoms with Crippen LogP contribution in [0, 0.1) is 5.82 Å². The molecule has 2 aromatic rings. The minimum atomic E-state index is -0.256. The third kappa shape index (κ3) is 2.50. The molecule has 4 nitrogen and oxygen atoms in total. The first kappa shape index (κ1) is 11.3. The van der Waals surface area contributed by atoms with E-state index in [-0.39, 0.29) is 5.82 Å². The lowest BCUT2D eigenvalue weighted by Crippen LogP contribution is -2.17. The van der Waals surface area contributed by atoms with Gasteiger partial charge in [0.25, 0.3) is 0 Å². The molecular weight excluding hydrogens is 219 g/mol. The summed E-state index contributed by atoms with van der Waals surface area (Å²) in [7, 11) is 0. The molecule has 0 saturated heterocycles. The Morgan fingerprint density at radius 3 is 2.41 bits per heavy atom. The monoisotopic (exact) mass is 232 g/mol. The number of nitrogen functional groups attached to an aromatic ring is 1. The summed E-state index contributed by atoms with van der Waals surface area (Å²) in [6.45, 7) is 2.70. The van der Waals surface area contributed by atoms with Crippen molar-refractivity contribution in [2.24, 2.45) is 0 Å². The molecule has 0 atom stereocenters. The van der Waals surface area contributed by atoms with Gasteiger partial charge in [0.05, 0.1) is 12.4 Å². The Kier molecular flexibility index (Phi) is 3.18. The number of hydrogen-bond acceptors (Lipinski definition) is 4. The van der Waals surface area contributed by atoms with Crippen molar-refractivity contribution in [3.63, 3.8) is 0 Å². The van der Waals surface area contributed by atoms with Crippen molar-refractivity contribution in [1.82, 2.24) is 9.97 Å². The van der Waals surface area contributed by atoms with Crippen LogP contribution in [0.15, 0.2) is 36.7 Å². The second kappa shape index (κ2) is 4.78. The number of nitrogens with two attached hydrogens (primary N) is 1. The third-order valence-electron chi connectivity index (χ3n) is 2.39. The number of nitrogens with zero attached hydrogens (tertiary/aromatic N) is 3. The molecule has 0 fully saturated rings. The lowest BCUT2D eigenvalue weighted by Gasteiger charge is -2.21. The van der Waals surface area contributed by atoms with E-state index in [0.717, 1.165) is 5.69 Å². The highest BCUT2D eigenvalue weighted by Gasteiger charge is 2.08. The molecule has 0 saturated carbocycles. The topological polar surface area (TPSA) is 55.0 Å². The maximum atomic E-state index is 12.8. The van der Waals surface area contributed by atoms with Crippen LogP contribution >= 0.6 is 0 Å². The normalized spacial score (nSPS) is 10.2. The molecule has 0 aliphatic rings. The van der Waals surface area contributed by atoms with E-state index < -0.39 is 0 Å². The van der Waals surface area contributed by atoms with Crippen LogP contribution < -0.4 is 10.6 Å². The van der Waals surface area contributed by atoms with Gasteiger partial charge in [0.2, 0.25) is 0 Å². The van der Waals surface area contributed by atoms with Gasteiger partial charge in [-0.15, -0.1) is 0 Å². The van der Waals surface area contributed by atoms with Gasteiger partial charge in [-0.3, -0.25) is 0 Å². The molecule has 0 unspecified atom stereocenters. The zero-order valence-corrected chi connectivity index (χ0v) is 9.47. The Morgan fingerprint density at radius 1 is 1.18 bits per heavy atom. The summed E-state index contributed by atoms with van der Waals surface area (Å²) < 4.78 is 12.8. The van der Waals surface area contributed by atoms with E-state index in [1.165, 1.54) is 18.3 Å². The maximum absolute atomic E-state index is 12.8. The molecule has 0 aliphatic heterocycles. The first-order valence-corrected chi connectivity index (χ1v) is 5.31. The van der Waals surface area contributed by atoms with Crippen molar-refractivity contribution in [2.75, 3.05) is 17.2 Å². The number of hydrogen-bond donors (Lipinski definition) is 1.